The zero-order chi connectivity index (χ0) is 21.5. The van der Waals surface area contributed by atoms with Crippen LogP contribution < -0.4 is 0 Å². The van der Waals surface area contributed by atoms with Gasteiger partial charge in [-0.25, -0.2) is 8.42 Å². The van der Waals surface area contributed by atoms with Gasteiger partial charge in [-0.2, -0.15) is 4.31 Å². The summed E-state index contributed by atoms with van der Waals surface area (Å²) in [4.78, 5) is 29.0. The van der Waals surface area contributed by atoms with Crippen molar-refractivity contribution in [1.82, 2.24) is 19.3 Å². The second-order valence-electron chi connectivity index (χ2n) is 7.63. The van der Waals surface area contributed by atoms with Crippen molar-refractivity contribution in [2.45, 2.75) is 37.8 Å². The number of amides is 2. The quantitative estimate of drug-likeness (QED) is 0.712. The van der Waals surface area contributed by atoms with Crippen molar-refractivity contribution >= 4 is 21.8 Å². The number of nitrogens with zero attached hydrogens (tertiary/aromatic N) is 4. The fraction of sp³-hybridized carbons (Fsp3) is 0.450. The van der Waals surface area contributed by atoms with Gasteiger partial charge in [-0.3, -0.25) is 9.59 Å². The number of piperazine rings is 1. The normalized spacial score (nSPS) is 20.9. The molecule has 0 aliphatic carbocycles. The van der Waals surface area contributed by atoms with Gasteiger partial charge in [-0.15, -0.1) is 0 Å². The van der Waals surface area contributed by atoms with Crippen molar-refractivity contribution in [2.24, 2.45) is 0 Å². The minimum absolute atomic E-state index is 0.000838. The van der Waals surface area contributed by atoms with E-state index in [0.29, 0.717) is 12.2 Å². The lowest BCUT2D eigenvalue weighted by Crippen LogP contribution is -2.59. The highest BCUT2D eigenvalue weighted by atomic mass is 32.2. The van der Waals surface area contributed by atoms with Gasteiger partial charge >= 0.3 is 0 Å². The predicted molar refractivity (Wildman–Crippen MR) is 107 cm³/mol. The van der Waals surface area contributed by atoms with Gasteiger partial charge in [0.2, 0.25) is 21.8 Å². The van der Waals surface area contributed by atoms with E-state index in [-0.39, 0.29) is 55.1 Å². The molecule has 2 saturated heterocycles. The molecule has 2 amide bonds. The first-order chi connectivity index (χ1) is 14.3. The highest BCUT2D eigenvalue weighted by molar-refractivity contribution is 7.89. The van der Waals surface area contributed by atoms with Crippen LogP contribution in [-0.2, 0) is 26.2 Å². The van der Waals surface area contributed by atoms with E-state index < -0.39 is 16.1 Å². The summed E-state index contributed by atoms with van der Waals surface area (Å²) < 4.78 is 32.6. The van der Waals surface area contributed by atoms with E-state index in [0.717, 1.165) is 5.56 Å². The molecule has 4 rings (SSSR count). The summed E-state index contributed by atoms with van der Waals surface area (Å²) in [6, 6.07) is 8.85. The number of hydrogen-bond donors (Lipinski definition) is 0. The van der Waals surface area contributed by atoms with E-state index in [1.165, 1.54) is 9.21 Å². The second-order valence-corrected chi connectivity index (χ2v) is 9.50. The van der Waals surface area contributed by atoms with Crippen LogP contribution in [0.5, 0.6) is 0 Å². The lowest BCUT2D eigenvalue weighted by atomic mass is 10.1. The summed E-state index contributed by atoms with van der Waals surface area (Å²) in [6.07, 6.45) is 0.248. The van der Waals surface area contributed by atoms with E-state index in [1.807, 2.05) is 30.3 Å². The van der Waals surface area contributed by atoms with Crippen LogP contribution in [0.1, 0.15) is 23.4 Å². The highest BCUT2D eigenvalue weighted by Gasteiger charge is 2.43. The number of carbonyl (C=O) groups is 2. The molecular weight excluding hydrogens is 408 g/mol. The Morgan fingerprint density at radius 1 is 1.10 bits per heavy atom. The first-order valence-electron chi connectivity index (χ1n) is 9.84. The smallest absolute Gasteiger partial charge is 0.248 e. The van der Waals surface area contributed by atoms with Gasteiger partial charge in [0.15, 0.2) is 5.76 Å². The largest absolute Gasteiger partial charge is 0.360 e. The van der Waals surface area contributed by atoms with Crippen molar-refractivity contribution in [3.8, 4) is 0 Å². The zero-order valence-electron chi connectivity index (χ0n) is 16.9. The van der Waals surface area contributed by atoms with Crippen LogP contribution in [0.2, 0.25) is 0 Å². The maximum atomic E-state index is 13.1. The average molecular weight is 433 g/mol. The second kappa shape index (κ2) is 7.84. The van der Waals surface area contributed by atoms with E-state index in [4.69, 9.17) is 4.52 Å². The van der Waals surface area contributed by atoms with Crippen molar-refractivity contribution in [3.05, 3.63) is 47.3 Å². The average Bonchev–Trinajstić information content (AvgIpc) is 2.92. The van der Waals surface area contributed by atoms with Crippen molar-refractivity contribution < 1.29 is 22.5 Å². The van der Waals surface area contributed by atoms with Gasteiger partial charge in [0.25, 0.3) is 0 Å². The third-order valence-corrected chi connectivity index (χ3v) is 7.79. The Balaban J connectivity index is 1.54. The first kappa shape index (κ1) is 20.5. The van der Waals surface area contributed by atoms with Crippen molar-refractivity contribution in [3.63, 3.8) is 0 Å². The van der Waals surface area contributed by atoms with E-state index in [1.54, 1.807) is 18.7 Å². The molecule has 9 nitrogen and oxygen atoms in total. The Morgan fingerprint density at radius 2 is 1.83 bits per heavy atom. The SMILES string of the molecule is Cc1noc(C)c1S(=O)(=O)N1CCC2C(=O)N(Cc3ccccc3)CC(=O)N2CC1. The zero-order valence-corrected chi connectivity index (χ0v) is 17.8. The van der Waals surface area contributed by atoms with E-state index in [9.17, 15) is 18.0 Å². The molecule has 2 fully saturated rings. The molecule has 1 unspecified atom stereocenters. The number of aryl methyl sites for hydroxylation is 2. The Labute approximate surface area is 175 Å². The summed E-state index contributed by atoms with van der Waals surface area (Å²) in [5.74, 6) is -0.0715. The molecular formula is C20H24N4O5S. The molecule has 0 saturated carbocycles. The Hall–Kier alpha value is -2.72. The topological polar surface area (TPSA) is 104 Å². The number of carbonyl (C=O) groups excluding carboxylic acids is 2. The maximum absolute atomic E-state index is 13.1. The highest BCUT2D eigenvalue weighted by Crippen LogP contribution is 2.27. The van der Waals surface area contributed by atoms with Crippen LogP contribution in [0.3, 0.4) is 0 Å². The maximum Gasteiger partial charge on any atom is 0.248 e. The molecule has 1 aromatic carbocycles. The van der Waals surface area contributed by atoms with Crippen LogP contribution >= 0.6 is 0 Å². The van der Waals surface area contributed by atoms with Crippen molar-refractivity contribution in [1.29, 1.82) is 0 Å². The van der Waals surface area contributed by atoms with Crippen LogP contribution in [0.15, 0.2) is 39.8 Å². The molecule has 30 heavy (non-hydrogen) atoms. The van der Waals surface area contributed by atoms with Crippen LogP contribution in [0.25, 0.3) is 0 Å². The Bertz CT molecular complexity index is 1050. The van der Waals surface area contributed by atoms with Crippen LogP contribution in [0, 0.1) is 13.8 Å². The van der Waals surface area contributed by atoms with Crippen LogP contribution in [0.4, 0.5) is 0 Å². The summed E-state index contributed by atoms with van der Waals surface area (Å²) >= 11 is 0. The van der Waals surface area contributed by atoms with Gasteiger partial charge in [0.1, 0.15) is 23.2 Å². The summed E-state index contributed by atoms with van der Waals surface area (Å²) in [5, 5.41) is 3.74. The monoisotopic (exact) mass is 432 g/mol. The van der Waals surface area contributed by atoms with E-state index >= 15 is 0 Å². The molecule has 10 heteroatoms. The molecule has 0 bridgehead atoms. The molecule has 160 valence electrons. The third-order valence-electron chi connectivity index (χ3n) is 5.64. The molecule has 3 heterocycles. The summed E-state index contributed by atoms with van der Waals surface area (Å²) in [7, 11) is -3.83. The summed E-state index contributed by atoms with van der Waals surface area (Å²) in [6.45, 7) is 3.95. The molecule has 1 aromatic heterocycles. The van der Waals surface area contributed by atoms with Gasteiger partial charge in [-0.1, -0.05) is 35.5 Å². The molecule has 2 aliphatic rings. The fourth-order valence-electron chi connectivity index (χ4n) is 4.16. The van der Waals surface area contributed by atoms with Crippen molar-refractivity contribution in [2.75, 3.05) is 26.2 Å². The number of aromatic nitrogens is 1. The van der Waals surface area contributed by atoms with Crippen LogP contribution in [-0.4, -0.2) is 71.7 Å². The number of hydrogen-bond acceptors (Lipinski definition) is 6. The number of benzene rings is 1. The minimum Gasteiger partial charge on any atom is -0.360 e. The molecule has 2 aromatic rings. The number of rotatable bonds is 4. The third kappa shape index (κ3) is 3.61. The fourth-order valence-corrected chi connectivity index (χ4v) is 5.89. The first-order valence-corrected chi connectivity index (χ1v) is 11.3. The Morgan fingerprint density at radius 3 is 2.50 bits per heavy atom. The molecule has 1 atom stereocenters. The predicted octanol–water partition coefficient (Wildman–Crippen LogP) is 0.925. The minimum atomic E-state index is -3.83. The lowest BCUT2D eigenvalue weighted by Gasteiger charge is -2.39. The molecule has 0 spiro atoms. The van der Waals surface area contributed by atoms with Gasteiger partial charge in [-0.05, 0) is 25.8 Å². The van der Waals surface area contributed by atoms with Gasteiger partial charge < -0.3 is 14.3 Å². The molecule has 0 N–H and O–H groups in total. The van der Waals surface area contributed by atoms with Gasteiger partial charge in [0.05, 0.1) is 0 Å². The Kier molecular flexibility index (Phi) is 5.37. The van der Waals surface area contributed by atoms with Gasteiger partial charge in [0, 0.05) is 26.2 Å². The molecule has 0 radical (unpaired) electrons. The molecule has 2 aliphatic heterocycles. The van der Waals surface area contributed by atoms with E-state index in [2.05, 4.69) is 5.16 Å². The number of sulfonamides is 1. The number of fused-ring (bicyclic) bond motifs is 1. The summed E-state index contributed by atoms with van der Waals surface area (Å²) in [5.41, 5.74) is 1.25. The standard InChI is InChI=1S/C20H24N4O5S/c1-14-19(15(2)29-21-14)30(27,28)23-9-8-17-20(26)22(12-16-6-4-3-5-7-16)13-18(25)24(17)11-10-23/h3-7,17H,8-13H2,1-2H3. The lowest BCUT2D eigenvalue weighted by molar-refractivity contribution is -0.156.